The zero-order valence-electron chi connectivity index (χ0n) is 20.8. The number of hydrogen-bond acceptors (Lipinski definition) is 6. The van der Waals surface area contributed by atoms with E-state index in [0.717, 1.165) is 27.1 Å². The lowest BCUT2D eigenvalue weighted by molar-refractivity contribution is -0.111. The molecule has 4 aromatic rings. The second kappa shape index (κ2) is 12.1. The van der Waals surface area contributed by atoms with Crippen molar-refractivity contribution < 1.29 is 23.8 Å². The van der Waals surface area contributed by atoms with Gasteiger partial charge in [0.1, 0.15) is 17.2 Å². The lowest BCUT2D eigenvalue weighted by Crippen LogP contribution is -2.11. The van der Waals surface area contributed by atoms with Crippen molar-refractivity contribution in [1.82, 2.24) is 0 Å². The lowest BCUT2D eigenvalue weighted by atomic mass is 10.0. The van der Waals surface area contributed by atoms with E-state index >= 15 is 0 Å². The highest BCUT2D eigenvalue weighted by atomic mass is 32.1. The van der Waals surface area contributed by atoms with Crippen molar-refractivity contribution in [2.24, 2.45) is 0 Å². The van der Waals surface area contributed by atoms with E-state index in [4.69, 9.17) is 14.2 Å². The fourth-order valence-corrected chi connectivity index (χ4v) is 4.92. The summed E-state index contributed by atoms with van der Waals surface area (Å²) in [6.45, 7) is 2.33. The molecule has 0 saturated heterocycles. The van der Waals surface area contributed by atoms with Crippen LogP contribution >= 0.6 is 11.3 Å². The third-order valence-corrected chi connectivity index (χ3v) is 6.65. The quantitative estimate of drug-likeness (QED) is 0.198. The minimum absolute atomic E-state index is 0.347. The molecule has 6 nitrogen and oxygen atoms in total. The van der Waals surface area contributed by atoms with Crippen LogP contribution in [0.25, 0.3) is 17.2 Å². The number of benzene rings is 3. The van der Waals surface area contributed by atoms with Crippen LogP contribution in [0.1, 0.15) is 26.4 Å². The van der Waals surface area contributed by atoms with Crippen LogP contribution in [-0.2, 0) is 16.1 Å². The van der Waals surface area contributed by atoms with E-state index in [1.54, 1.807) is 19.3 Å². The summed E-state index contributed by atoms with van der Waals surface area (Å²) >= 11 is 1.34. The Morgan fingerprint density at radius 3 is 2.30 bits per heavy atom. The zero-order chi connectivity index (χ0) is 26.2. The van der Waals surface area contributed by atoms with Crippen molar-refractivity contribution in [3.63, 3.8) is 0 Å². The minimum atomic E-state index is -0.502. The molecule has 0 radical (unpaired) electrons. The van der Waals surface area contributed by atoms with Gasteiger partial charge in [-0.3, -0.25) is 4.79 Å². The van der Waals surface area contributed by atoms with Gasteiger partial charge < -0.3 is 19.5 Å². The van der Waals surface area contributed by atoms with E-state index in [-0.39, 0.29) is 5.91 Å². The SMILES string of the molecule is COC(=O)c1c(NC(=O)C=Cc2ccc(OCc3ccccc3)c(OC)c2)sc(C)c1-c1ccccc1. The molecule has 0 aliphatic heterocycles. The van der Waals surface area contributed by atoms with Crippen LogP contribution in [0.3, 0.4) is 0 Å². The van der Waals surface area contributed by atoms with Crippen molar-refractivity contribution in [3.8, 4) is 22.6 Å². The molecule has 0 atom stereocenters. The summed E-state index contributed by atoms with van der Waals surface area (Å²) < 4.78 is 16.4. The van der Waals surface area contributed by atoms with Crippen molar-refractivity contribution >= 4 is 34.3 Å². The van der Waals surface area contributed by atoms with Gasteiger partial charge in [-0.1, -0.05) is 66.7 Å². The number of anilines is 1. The van der Waals surface area contributed by atoms with Gasteiger partial charge in [-0.05, 0) is 41.8 Å². The smallest absolute Gasteiger partial charge is 0.341 e. The first-order chi connectivity index (χ1) is 18.0. The molecule has 0 aliphatic carbocycles. The van der Waals surface area contributed by atoms with Crippen LogP contribution in [0.15, 0.2) is 84.9 Å². The number of hydrogen-bond donors (Lipinski definition) is 1. The van der Waals surface area contributed by atoms with Gasteiger partial charge in [0.15, 0.2) is 11.5 Å². The molecular formula is C30H27NO5S. The Kier molecular flexibility index (Phi) is 8.38. The van der Waals surface area contributed by atoms with Crippen molar-refractivity contribution in [3.05, 3.63) is 107 Å². The molecule has 37 heavy (non-hydrogen) atoms. The van der Waals surface area contributed by atoms with Crippen molar-refractivity contribution in [1.29, 1.82) is 0 Å². The third kappa shape index (κ3) is 6.26. The predicted octanol–water partition coefficient (Wildman–Crippen LogP) is 6.75. The molecule has 0 unspecified atom stereocenters. The van der Waals surface area contributed by atoms with Gasteiger partial charge in [0.25, 0.3) is 0 Å². The fraction of sp³-hybridized carbons (Fsp3) is 0.133. The highest BCUT2D eigenvalue weighted by Gasteiger charge is 2.24. The first-order valence-corrected chi connectivity index (χ1v) is 12.4. The number of nitrogens with one attached hydrogen (secondary N) is 1. The van der Waals surface area contributed by atoms with Crippen LogP contribution in [0.2, 0.25) is 0 Å². The van der Waals surface area contributed by atoms with E-state index in [1.807, 2.05) is 79.7 Å². The Hall–Kier alpha value is -4.36. The number of thiophene rings is 1. The monoisotopic (exact) mass is 513 g/mol. The van der Waals surface area contributed by atoms with Gasteiger partial charge in [0, 0.05) is 16.5 Å². The molecule has 0 aliphatic rings. The number of ether oxygens (including phenoxy) is 3. The van der Waals surface area contributed by atoms with Crippen LogP contribution in [0.4, 0.5) is 5.00 Å². The molecule has 7 heteroatoms. The number of rotatable bonds is 9. The summed E-state index contributed by atoms with van der Waals surface area (Å²) in [6.07, 6.45) is 3.09. The molecule has 3 aromatic carbocycles. The van der Waals surface area contributed by atoms with Gasteiger partial charge in [0.05, 0.1) is 14.2 Å². The Morgan fingerprint density at radius 1 is 0.919 bits per heavy atom. The van der Waals surface area contributed by atoms with Gasteiger partial charge >= 0.3 is 5.97 Å². The molecule has 0 saturated carbocycles. The average molecular weight is 514 g/mol. The standard InChI is InChI=1S/C30H27NO5S/c1-20-27(23-12-8-5-9-13-23)28(30(33)35-3)29(37-20)31-26(32)17-15-21-14-16-24(25(18-21)34-2)36-19-22-10-6-4-7-11-22/h4-18H,19H2,1-3H3,(H,31,32). The van der Waals surface area contributed by atoms with Gasteiger partial charge in [-0.25, -0.2) is 4.79 Å². The van der Waals surface area contributed by atoms with Crippen LogP contribution < -0.4 is 14.8 Å². The van der Waals surface area contributed by atoms with Gasteiger partial charge in [-0.2, -0.15) is 0 Å². The average Bonchev–Trinajstić information content (AvgIpc) is 3.26. The number of amides is 1. The summed E-state index contributed by atoms with van der Waals surface area (Å²) in [5, 5.41) is 3.29. The molecule has 1 aromatic heterocycles. The Bertz CT molecular complexity index is 1410. The van der Waals surface area contributed by atoms with E-state index in [1.165, 1.54) is 24.5 Å². The number of carbonyl (C=O) groups excluding carboxylic acids is 2. The summed E-state index contributed by atoms with van der Waals surface area (Å²) in [7, 11) is 2.90. The Balaban J connectivity index is 1.50. The molecule has 188 valence electrons. The maximum Gasteiger partial charge on any atom is 0.341 e. The fourth-order valence-electron chi connectivity index (χ4n) is 3.85. The summed E-state index contributed by atoms with van der Waals surface area (Å²) in [4.78, 5) is 26.3. The number of carbonyl (C=O) groups is 2. The van der Waals surface area contributed by atoms with Crippen molar-refractivity contribution in [2.75, 3.05) is 19.5 Å². The molecule has 1 N–H and O–H groups in total. The van der Waals surface area contributed by atoms with Crippen LogP contribution in [-0.4, -0.2) is 26.1 Å². The Morgan fingerprint density at radius 2 is 1.62 bits per heavy atom. The highest BCUT2D eigenvalue weighted by Crippen LogP contribution is 2.40. The van der Waals surface area contributed by atoms with E-state index < -0.39 is 5.97 Å². The van der Waals surface area contributed by atoms with Gasteiger partial charge in [0.2, 0.25) is 5.91 Å². The number of aryl methyl sites for hydroxylation is 1. The van der Waals surface area contributed by atoms with Crippen LogP contribution in [0.5, 0.6) is 11.5 Å². The first kappa shape index (κ1) is 25.7. The largest absolute Gasteiger partial charge is 0.493 e. The molecule has 0 fully saturated rings. The zero-order valence-corrected chi connectivity index (χ0v) is 21.6. The number of methoxy groups -OCH3 is 2. The number of esters is 1. The molecule has 0 bridgehead atoms. The molecular weight excluding hydrogens is 486 g/mol. The van der Waals surface area contributed by atoms with Crippen molar-refractivity contribution in [2.45, 2.75) is 13.5 Å². The van der Waals surface area contributed by atoms with E-state index in [0.29, 0.717) is 28.7 Å². The Labute approximate surface area is 220 Å². The predicted molar refractivity (Wildman–Crippen MR) is 147 cm³/mol. The van der Waals surface area contributed by atoms with Crippen LogP contribution in [0, 0.1) is 6.92 Å². The molecule has 1 amide bonds. The van der Waals surface area contributed by atoms with E-state index in [9.17, 15) is 9.59 Å². The van der Waals surface area contributed by atoms with E-state index in [2.05, 4.69) is 5.32 Å². The topological polar surface area (TPSA) is 73.9 Å². The summed E-state index contributed by atoms with van der Waals surface area (Å²) in [5.41, 5.74) is 3.80. The summed E-state index contributed by atoms with van der Waals surface area (Å²) in [5.74, 6) is 0.304. The maximum absolute atomic E-state index is 12.8. The lowest BCUT2D eigenvalue weighted by Gasteiger charge is -2.11. The summed E-state index contributed by atoms with van der Waals surface area (Å²) in [6, 6.07) is 24.9. The maximum atomic E-state index is 12.8. The molecule has 0 spiro atoms. The second-order valence-corrected chi connectivity index (χ2v) is 9.33. The molecule has 4 rings (SSSR count). The van der Waals surface area contributed by atoms with Gasteiger partial charge in [-0.15, -0.1) is 11.3 Å². The first-order valence-electron chi connectivity index (χ1n) is 11.6. The second-order valence-electron chi connectivity index (χ2n) is 8.10. The molecule has 1 heterocycles. The normalized spacial score (nSPS) is 10.8. The highest BCUT2D eigenvalue weighted by molar-refractivity contribution is 7.17. The minimum Gasteiger partial charge on any atom is -0.493 e. The third-order valence-electron chi connectivity index (χ3n) is 5.62.